The second-order valence-corrected chi connectivity index (χ2v) is 4.04. The van der Waals surface area contributed by atoms with E-state index in [-0.39, 0.29) is 10.8 Å². The minimum Gasteiger partial charge on any atom is -0.476 e. The van der Waals surface area contributed by atoms with Gasteiger partial charge in [0, 0.05) is 10.7 Å². The van der Waals surface area contributed by atoms with Gasteiger partial charge < -0.3 is 5.11 Å². The van der Waals surface area contributed by atoms with E-state index >= 15 is 0 Å². The van der Waals surface area contributed by atoms with E-state index in [1.165, 1.54) is 0 Å². The van der Waals surface area contributed by atoms with Crippen molar-refractivity contribution in [1.29, 1.82) is 0 Å². The first kappa shape index (κ1) is 11.0. The number of carboxylic acids is 1. The smallest absolute Gasteiger partial charge is 0.359 e. The Morgan fingerprint density at radius 3 is 2.69 bits per heavy atom. The highest BCUT2D eigenvalue weighted by atomic mass is 79.9. The molecule has 82 valence electrons. The largest absolute Gasteiger partial charge is 0.476 e. The molecule has 8 heteroatoms. The summed E-state index contributed by atoms with van der Waals surface area (Å²) in [7, 11) is 0. The number of nitrogens with zero attached hydrogens (tertiary/aromatic N) is 4. The van der Waals surface area contributed by atoms with Crippen LogP contribution in [0.15, 0.2) is 22.8 Å². The molecule has 0 radical (unpaired) electrons. The monoisotopic (exact) mass is 302 g/mol. The lowest BCUT2D eigenvalue weighted by Gasteiger charge is -1.96. The van der Waals surface area contributed by atoms with Crippen molar-refractivity contribution >= 4 is 33.5 Å². The van der Waals surface area contributed by atoms with Gasteiger partial charge in [0.05, 0.1) is 0 Å². The number of carboxylic acid groups (broad SMARTS) is 1. The summed E-state index contributed by atoms with van der Waals surface area (Å²) < 4.78 is 0.799. The Labute approximate surface area is 103 Å². The van der Waals surface area contributed by atoms with Crippen molar-refractivity contribution in [2.24, 2.45) is 0 Å². The molecule has 0 bridgehead atoms. The average Bonchev–Trinajstić information content (AvgIpc) is 2.61. The molecule has 0 aliphatic carbocycles. The second-order valence-electron chi connectivity index (χ2n) is 2.77. The average molecular weight is 304 g/mol. The van der Waals surface area contributed by atoms with Crippen LogP contribution >= 0.6 is 27.5 Å². The first-order valence-electron chi connectivity index (χ1n) is 4.06. The van der Waals surface area contributed by atoms with Gasteiger partial charge in [-0.3, -0.25) is 0 Å². The topological polar surface area (TPSA) is 80.9 Å². The van der Waals surface area contributed by atoms with Gasteiger partial charge in [0.1, 0.15) is 0 Å². The SMILES string of the molecule is O=C(O)c1nn(-c2ccc(Br)cn2)nc1Cl. The molecule has 0 fully saturated rings. The minimum absolute atomic E-state index is 0.169. The molecule has 0 aliphatic rings. The first-order chi connectivity index (χ1) is 7.58. The molecular weight excluding hydrogens is 299 g/mol. The van der Waals surface area contributed by atoms with Crippen LogP contribution in [0.25, 0.3) is 5.82 Å². The molecule has 16 heavy (non-hydrogen) atoms. The number of hydrogen-bond acceptors (Lipinski definition) is 4. The lowest BCUT2D eigenvalue weighted by atomic mass is 10.5. The zero-order valence-corrected chi connectivity index (χ0v) is 9.97. The number of rotatable bonds is 2. The highest BCUT2D eigenvalue weighted by Crippen LogP contribution is 2.13. The van der Waals surface area contributed by atoms with E-state index in [4.69, 9.17) is 16.7 Å². The maximum Gasteiger partial charge on any atom is 0.359 e. The predicted octanol–water partition coefficient (Wildman–Crippen LogP) is 1.78. The lowest BCUT2D eigenvalue weighted by molar-refractivity contribution is 0.0690. The van der Waals surface area contributed by atoms with Crippen LogP contribution < -0.4 is 0 Å². The van der Waals surface area contributed by atoms with Gasteiger partial charge in [-0.05, 0) is 28.1 Å². The molecule has 0 atom stereocenters. The molecule has 0 saturated heterocycles. The fourth-order valence-corrected chi connectivity index (χ4v) is 1.43. The van der Waals surface area contributed by atoms with Gasteiger partial charge in [0.15, 0.2) is 11.0 Å². The summed E-state index contributed by atoms with van der Waals surface area (Å²) in [6.45, 7) is 0. The van der Waals surface area contributed by atoms with E-state index in [0.29, 0.717) is 5.82 Å². The third kappa shape index (κ3) is 2.05. The Kier molecular flexibility index (Phi) is 2.88. The van der Waals surface area contributed by atoms with Gasteiger partial charge in [-0.1, -0.05) is 11.6 Å². The Bertz CT molecular complexity index is 539. The number of aromatic nitrogens is 4. The summed E-state index contributed by atoms with van der Waals surface area (Å²) in [5.41, 5.74) is -0.300. The van der Waals surface area contributed by atoms with Crippen molar-refractivity contribution < 1.29 is 9.90 Å². The first-order valence-corrected chi connectivity index (χ1v) is 5.23. The number of aromatic carboxylic acids is 1. The van der Waals surface area contributed by atoms with Gasteiger partial charge in [0.2, 0.25) is 5.69 Å². The molecule has 0 amide bonds. The summed E-state index contributed by atoms with van der Waals surface area (Å²) in [6, 6.07) is 3.37. The summed E-state index contributed by atoms with van der Waals surface area (Å²) in [6.07, 6.45) is 1.55. The Morgan fingerprint density at radius 2 is 2.19 bits per heavy atom. The Morgan fingerprint density at radius 1 is 1.44 bits per heavy atom. The van der Waals surface area contributed by atoms with E-state index in [2.05, 4.69) is 31.1 Å². The molecule has 2 rings (SSSR count). The van der Waals surface area contributed by atoms with Crippen molar-refractivity contribution in [3.05, 3.63) is 33.6 Å². The van der Waals surface area contributed by atoms with Crippen LogP contribution in [0.2, 0.25) is 5.15 Å². The van der Waals surface area contributed by atoms with Crippen LogP contribution in [0.1, 0.15) is 10.5 Å². The highest BCUT2D eigenvalue weighted by molar-refractivity contribution is 9.10. The quantitative estimate of drug-likeness (QED) is 0.914. The number of carbonyl (C=O) groups is 1. The standard InChI is InChI=1S/C8H4BrClN4O2/c9-4-1-2-5(11-3-4)14-12-6(8(15)16)7(10)13-14/h1-3H,(H,15,16). The minimum atomic E-state index is -1.23. The van der Waals surface area contributed by atoms with Crippen LogP contribution in [0, 0.1) is 0 Å². The molecule has 2 aromatic rings. The van der Waals surface area contributed by atoms with Gasteiger partial charge in [0.25, 0.3) is 0 Å². The van der Waals surface area contributed by atoms with Crippen LogP contribution in [0.5, 0.6) is 0 Å². The molecule has 2 aromatic heterocycles. The molecule has 0 spiro atoms. The summed E-state index contributed by atoms with van der Waals surface area (Å²) >= 11 is 8.84. The molecule has 2 heterocycles. The number of hydrogen-bond donors (Lipinski definition) is 1. The number of halogens is 2. The normalized spacial score (nSPS) is 10.4. The van der Waals surface area contributed by atoms with E-state index in [9.17, 15) is 4.79 Å². The molecule has 6 nitrogen and oxygen atoms in total. The summed E-state index contributed by atoms with van der Waals surface area (Å²) in [5.74, 6) is -0.842. The number of pyridine rings is 1. The second kappa shape index (κ2) is 4.18. The maximum atomic E-state index is 10.7. The molecule has 0 unspecified atom stereocenters. The molecule has 0 aromatic carbocycles. The van der Waals surface area contributed by atoms with Crippen LogP contribution in [0.3, 0.4) is 0 Å². The highest BCUT2D eigenvalue weighted by Gasteiger charge is 2.16. The maximum absolute atomic E-state index is 10.7. The van der Waals surface area contributed by atoms with E-state index in [0.717, 1.165) is 9.27 Å². The molecule has 0 aliphatic heterocycles. The lowest BCUT2D eigenvalue weighted by Crippen LogP contribution is -2.03. The van der Waals surface area contributed by atoms with Gasteiger partial charge in [-0.25, -0.2) is 9.78 Å². The van der Waals surface area contributed by atoms with Crippen LogP contribution in [-0.4, -0.2) is 31.1 Å². The fourth-order valence-electron chi connectivity index (χ4n) is 1.01. The molecule has 0 saturated carbocycles. The summed E-state index contributed by atoms with van der Waals surface area (Å²) in [5, 5.41) is 16.0. The fraction of sp³-hybridized carbons (Fsp3) is 0. The van der Waals surface area contributed by atoms with Crippen molar-refractivity contribution in [2.45, 2.75) is 0 Å². The van der Waals surface area contributed by atoms with Crippen molar-refractivity contribution in [3.8, 4) is 5.82 Å². The third-order valence-electron chi connectivity index (χ3n) is 1.69. The Balaban J connectivity index is 2.45. The predicted molar refractivity (Wildman–Crippen MR) is 58.8 cm³/mol. The van der Waals surface area contributed by atoms with Crippen molar-refractivity contribution in [3.63, 3.8) is 0 Å². The third-order valence-corrected chi connectivity index (χ3v) is 2.42. The zero-order chi connectivity index (χ0) is 11.7. The van der Waals surface area contributed by atoms with Crippen LogP contribution in [0.4, 0.5) is 0 Å². The van der Waals surface area contributed by atoms with E-state index in [1.807, 2.05) is 0 Å². The van der Waals surface area contributed by atoms with E-state index in [1.54, 1.807) is 18.3 Å². The molecular formula is C8H4BrClN4O2. The van der Waals surface area contributed by atoms with Crippen LogP contribution in [-0.2, 0) is 0 Å². The van der Waals surface area contributed by atoms with Gasteiger partial charge in [-0.2, -0.15) is 0 Å². The van der Waals surface area contributed by atoms with Crippen molar-refractivity contribution in [2.75, 3.05) is 0 Å². The van der Waals surface area contributed by atoms with Gasteiger partial charge >= 0.3 is 5.97 Å². The Hall–Kier alpha value is -1.47. The zero-order valence-electron chi connectivity index (χ0n) is 7.63. The van der Waals surface area contributed by atoms with E-state index < -0.39 is 5.97 Å². The molecule has 1 N–H and O–H groups in total. The van der Waals surface area contributed by atoms with Gasteiger partial charge in [-0.15, -0.1) is 15.0 Å². The summed E-state index contributed by atoms with van der Waals surface area (Å²) in [4.78, 5) is 15.8. The van der Waals surface area contributed by atoms with Crippen molar-refractivity contribution in [1.82, 2.24) is 20.0 Å².